The highest BCUT2D eigenvalue weighted by Crippen LogP contribution is 2.22. The third kappa shape index (κ3) is 4.67. The second-order valence-electron chi connectivity index (χ2n) is 5.12. The number of ether oxygens (including phenoxy) is 1. The van der Waals surface area contributed by atoms with E-state index in [1.165, 1.54) is 7.11 Å². The number of terminal acetylenes is 1. The van der Waals surface area contributed by atoms with Crippen molar-refractivity contribution >= 4 is 11.6 Å². The van der Waals surface area contributed by atoms with E-state index in [1.807, 2.05) is 13.8 Å². The van der Waals surface area contributed by atoms with Crippen molar-refractivity contribution in [1.29, 1.82) is 0 Å². The lowest BCUT2D eigenvalue weighted by Gasteiger charge is -2.27. The predicted octanol–water partition coefficient (Wildman–Crippen LogP) is 2.94. The number of nitrogens with one attached hydrogen (secondary N) is 2. The molecule has 0 unspecified atom stereocenters. The summed E-state index contributed by atoms with van der Waals surface area (Å²) in [5.41, 5.74) is -0.621. The number of carbonyl (C=O) groups is 1. The first-order valence-electron chi connectivity index (χ1n) is 7.45. The number of halogens is 2. The van der Waals surface area contributed by atoms with Crippen molar-refractivity contribution in [3.63, 3.8) is 0 Å². The lowest BCUT2D eigenvalue weighted by atomic mass is 9.93. The summed E-state index contributed by atoms with van der Waals surface area (Å²) in [5.74, 6) is -0.100. The van der Waals surface area contributed by atoms with Crippen molar-refractivity contribution in [3.8, 4) is 12.3 Å². The van der Waals surface area contributed by atoms with E-state index in [9.17, 15) is 13.6 Å². The number of rotatable bonds is 8. The molecule has 0 radical (unpaired) electrons. The molecule has 1 amide bonds. The van der Waals surface area contributed by atoms with Crippen LogP contribution in [0.3, 0.4) is 0 Å². The molecule has 0 saturated heterocycles. The van der Waals surface area contributed by atoms with Crippen LogP contribution < -0.4 is 10.6 Å². The average molecular weight is 324 g/mol. The molecule has 1 aromatic carbocycles. The summed E-state index contributed by atoms with van der Waals surface area (Å²) in [4.78, 5) is 12.5. The molecule has 0 atom stereocenters. The first-order valence-corrected chi connectivity index (χ1v) is 7.45. The Hall–Kier alpha value is -2.13. The molecule has 0 aromatic heterocycles. The molecule has 0 aliphatic rings. The smallest absolute Gasteiger partial charge is 0.254 e. The first kappa shape index (κ1) is 18.9. The molecule has 1 rings (SSSR count). The van der Waals surface area contributed by atoms with Crippen LogP contribution in [-0.4, -0.2) is 31.7 Å². The fraction of sp³-hybridized carbons (Fsp3) is 0.471. The maximum Gasteiger partial charge on any atom is 0.254 e. The molecule has 2 N–H and O–H groups in total. The van der Waals surface area contributed by atoms with Gasteiger partial charge < -0.3 is 15.4 Å². The second kappa shape index (κ2) is 8.49. The Bertz CT molecular complexity index is 593. The Balaban J connectivity index is 3.11. The first-order chi connectivity index (χ1) is 10.9. The molecule has 23 heavy (non-hydrogen) atoms. The van der Waals surface area contributed by atoms with Gasteiger partial charge in [0.25, 0.3) is 5.91 Å². The molecular weight excluding hydrogens is 302 g/mol. The van der Waals surface area contributed by atoms with Gasteiger partial charge in [0.1, 0.15) is 5.54 Å². The van der Waals surface area contributed by atoms with E-state index in [1.54, 1.807) is 0 Å². The van der Waals surface area contributed by atoms with Gasteiger partial charge in [-0.1, -0.05) is 19.8 Å². The zero-order chi connectivity index (χ0) is 17.5. The molecule has 0 heterocycles. The van der Waals surface area contributed by atoms with Gasteiger partial charge in [-0.05, 0) is 18.9 Å². The van der Waals surface area contributed by atoms with Gasteiger partial charge in [0.15, 0.2) is 11.6 Å². The summed E-state index contributed by atoms with van der Waals surface area (Å²) in [6.45, 7) is 4.42. The highest BCUT2D eigenvalue weighted by atomic mass is 19.2. The number of methoxy groups -OCH3 is 1. The molecule has 6 heteroatoms. The van der Waals surface area contributed by atoms with Crippen molar-refractivity contribution in [1.82, 2.24) is 5.32 Å². The minimum atomic E-state index is -1.09. The summed E-state index contributed by atoms with van der Waals surface area (Å²) >= 11 is 0. The minimum Gasteiger partial charge on any atom is -0.383 e. The SMILES string of the molecule is C#CC(CC)(CC)NC(=O)c1cc(F)c(F)cc1NCCOC. The van der Waals surface area contributed by atoms with Crippen molar-refractivity contribution in [2.45, 2.75) is 32.2 Å². The van der Waals surface area contributed by atoms with E-state index in [0.717, 1.165) is 12.1 Å². The van der Waals surface area contributed by atoms with Gasteiger partial charge in [0.2, 0.25) is 0 Å². The maximum absolute atomic E-state index is 13.5. The van der Waals surface area contributed by atoms with Crippen molar-refractivity contribution in [2.75, 3.05) is 25.6 Å². The predicted molar refractivity (Wildman–Crippen MR) is 86.3 cm³/mol. The Morgan fingerprint density at radius 1 is 1.30 bits per heavy atom. The fourth-order valence-electron chi connectivity index (χ4n) is 2.12. The number of amides is 1. The monoisotopic (exact) mass is 324 g/mol. The van der Waals surface area contributed by atoms with Crippen LogP contribution in [0.25, 0.3) is 0 Å². The summed E-state index contributed by atoms with van der Waals surface area (Å²) in [6, 6.07) is 1.82. The number of hydrogen-bond acceptors (Lipinski definition) is 3. The Morgan fingerprint density at radius 3 is 2.43 bits per heavy atom. The molecule has 0 saturated carbocycles. The molecule has 4 nitrogen and oxygen atoms in total. The second-order valence-corrected chi connectivity index (χ2v) is 5.12. The Kier molecular flexibility index (Phi) is 6.98. The largest absolute Gasteiger partial charge is 0.383 e. The Morgan fingerprint density at radius 2 is 1.91 bits per heavy atom. The maximum atomic E-state index is 13.5. The van der Waals surface area contributed by atoms with Crippen LogP contribution in [-0.2, 0) is 4.74 Å². The van der Waals surface area contributed by atoms with E-state index in [4.69, 9.17) is 11.2 Å². The van der Waals surface area contributed by atoms with Gasteiger partial charge in [-0.15, -0.1) is 6.42 Å². The number of hydrogen-bond donors (Lipinski definition) is 2. The van der Waals surface area contributed by atoms with Crippen molar-refractivity contribution < 1.29 is 18.3 Å². The molecule has 0 spiro atoms. The number of benzene rings is 1. The lowest BCUT2D eigenvalue weighted by molar-refractivity contribution is 0.0916. The van der Waals surface area contributed by atoms with E-state index in [0.29, 0.717) is 26.0 Å². The van der Waals surface area contributed by atoms with Crippen LogP contribution in [0.5, 0.6) is 0 Å². The summed E-state index contributed by atoms with van der Waals surface area (Å²) < 4.78 is 31.9. The van der Waals surface area contributed by atoms with Crippen molar-refractivity contribution in [3.05, 3.63) is 29.3 Å². The summed E-state index contributed by atoms with van der Waals surface area (Å²) in [7, 11) is 1.52. The van der Waals surface area contributed by atoms with Crippen LogP contribution in [0.15, 0.2) is 12.1 Å². The molecule has 1 aromatic rings. The summed E-state index contributed by atoms with van der Waals surface area (Å²) in [6.07, 6.45) is 6.57. The third-order valence-corrected chi connectivity index (χ3v) is 3.76. The average Bonchev–Trinajstić information content (AvgIpc) is 2.55. The fourth-order valence-corrected chi connectivity index (χ4v) is 2.12. The van der Waals surface area contributed by atoms with Crippen molar-refractivity contribution in [2.24, 2.45) is 0 Å². The van der Waals surface area contributed by atoms with Crippen LogP contribution in [0.4, 0.5) is 14.5 Å². The van der Waals surface area contributed by atoms with Gasteiger partial charge in [-0.3, -0.25) is 4.79 Å². The van der Waals surface area contributed by atoms with Crippen LogP contribution in [0.2, 0.25) is 0 Å². The van der Waals surface area contributed by atoms with Gasteiger partial charge >= 0.3 is 0 Å². The normalized spacial score (nSPS) is 11.0. The molecule has 126 valence electrons. The zero-order valence-corrected chi connectivity index (χ0v) is 13.6. The van der Waals surface area contributed by atoms with Gasteiger partial charge in [0.05, 0.1) is 17.9 Å². The molecule has 0 aliphatic carbocycles. The lowest BCUT2D eigenvalue weighted by Crippen LogP contribution is -2.46. The van der Waals surface area contributed by atoms with Crippen LogP contribution >= 0.6 is 0 Å². The topological polar surface area (TPSA) is 50.4 Å². The van der Waals surface area contributed by atoms with Gasteiger partial charge in [-0.2, -0.15) is 0 Å². The van der Waals surface area contributed by atoms with Crippen LogP contribution in [0.1, 0.15) is 37.0 Å². The third-order valence-electron chi connectivity index (χ3n) is 3.76. The molecular formula is C17H22F2N2O2. The van der Waals surface area contributed by atoms with E-state index >= 15 is 0 Å². The minimum absolute atomic E-state index is 0.00141. The number of anilines is 1. The van der Waals surface area contributed by atoms with Gasteiger partial charge in [0, 0.05) is 19.7 Å². The molecule has 0 bridgehead atoms. The van der Waals surface area contributed by atoms with E-state index in [2.05, 4.69) is 16.6 Å². The number of carbonyl (C=O) groups excluding carboxylic acids is 1. The molecule has 0 aliphatic heterocycles. The van der Waals surface area contributed by atoms with E-state index < -0.39 is 23.1 Å². The zero-order valence-electron chi connectivity index (χ0n) is 13.6. The van der Waals surface area contributed by atoms with Crippen LogP contribution in [0, 0.1) is 24.0 Å². The highest BCUT2D eigenvalue weighted by Gasteiger charge is 2.27. The Labute approximate surface area is 135 Å². The van der Waals surface area contributed by atoms with Gasteiger partial charge in [-0.25, -0.2) is 8.78 Å². The standard InChI is InChI=1S/C17H22F2N2O2/c1-5-17(6-2,7-3)21-16(22)12-10-13(18)14(19)11-15(12)20-8-9-23-4/h1,10-11,20H,6-9H2,2-4H3,(H,21,22). The summed E-state index contributed by atoms with van der Waals surface area (Å²) in [5, 5.41) is 5.60. The highest BCUT2D eigenvalue weighted by molar-refractivity contribution is 6.00. The van der Waals surface area contributed by atoms with E-state index in [-0.39, 0.29) is 11.3 Å². The molecule has 0 fully saturated rings. The quantitative estimate of drug-likeness (QED) is 0.571.